The number of fused-ring (bicyclic) bond motifs is 2. The molecule has 0 saturated heterocycles. The van der Waals surface area contributed by atoms with Gasteiger partial charge in [0.25, 0.3) is 5.91 Å². The number of rotatable bonds is 6. The Morgan fingerprint density at radius 1 is 1.07 bits per heavy atom. The van der Waals surface area contributed by atoms with Crippen LogP contribution in [0.3, 0.4) is 0 Å². The molecule has 3 atom stereocenters. The number of benzene rings is 1. The maximum atomic E-state index is 14.7. The van der Waals surface area contributed by atoms with Gasteiger partial charge in [0.15, 0.2) is 0 Å². The van der Waals surface area contributed by atoms with E-state index < -0.39 is 27.0 Å². The summed E-state index contributed by atoms with van der Waals surface area (Å²) in [5.41, 5.74) is 0.634. The summed E-state index contributed by atoms with van der Waals surface area (Å²) in [6.07, 6.45) is 7.88. The number of halogens is 1. The molecular weight excluding hydrogens is 369 g/mol. The number of sulfonamides is 1. The highest BCUT2D eigenvalue weighted by molar-refractivity contribution is 7.91. The van der Waals surface area contributed by atoms with Crippen molar-refractivity contribution in [2.45, 2.75) is 68.6 Å². The molecule has 27 heavy (non-hydrogen) atoms. The fourth-order valence-corrected chi connectivity index (χ4v) is 5.99. The summed E-state index contributed by atoms with van der Waals surface area (Å²) in [7, 11) is -3.70. The largest absolute Gasteiger partial charge is 0.490 e. The molecule has 0 aliphatic heterocycles. The van der Waals surface area contributed by atoms with Crippen LogP contribution in [0.1, 0.15) is 73.2 Å². The second kappa shape index (κ2) is 6.19. The Kier molecular flexibility index (Phi) is 4.00. The first-order valence-electron chi connectivity index (χ1n) is 9.97. The first-order valence-corrected chi connectivity index (χ1v) is 11.5. The standard InChI is InChI=1S/C20H24FNO4S/c21-17-10-19(26-18-8-11-1-2-13(18)7-11)15(12-3-4-12)9-16(17)20(23)22-27(24,25)14-5-6-14/h9-14,18H,1-8H2,(H,22,23)/t11-,13+,18-/m1/s1. The number of hydrogen-bond donors (Lipinski definition) is 1. The van der Waals surface area contributed by atoms with Crippen LogP contribution in [0, 0.1) is 17.7 Å². The molecule has 1 amide bonds. The van der Waals surface area contributed by atoms with Gasteiger partial charge in [0.05, 0.1) is 10.8 Å². The highest BCUT2D eigenvalue weighted by atomic mass is 32.2. The Balaban J connectivity index is 1.40. The molecule has 0 radical (unpaired) electrons. The van der Waals surface area contributed by atoms with E-state index in [4.69, 9.17) is 4.74 Å². The van der Waals surface area contributed by atoms with Crippen molar-refractivity contribution < 1.29 is 22.3 Å². The summed E-state index contributed by atoms with van der Waals surface area (Å²) in [4.78, 5) is 12.4. The average molecular weight is 393 g/mol. The smallest absolute Gasteiger partial charge is 0.267 e. The van der Waals surface area contributed by atoms with Crippen LogP contribution in [0.25, 0.3) is 0 Å². The van der Waals surface area contributed by atoms with E-state index in [0.29, 0.717) is 24.5 Å². The van der Waals surface area contributed by atoms with Crippen LogP contribution < -0.4 is 9.46 Å². The SMILES string of the molecule is O=C(NS(=O)(=O)C1CC1)c1cc(C2CC2)c(O[C@@H]2C[C@@H]3CC[C@H]2C3)cc1F. The first kappa shape index (κ1) is 17.5. The number of amides is 1. The molecule has 2 bridgehead atoms. The van der Waals surface area contributed by atoms with Crippen molar-refractivity contribution in [2.24, 2.45) is 11.8 Å². The molecule has 7 heteroatoms. The summed E-state index contributed by atoms with van der Waals surface area (Å²) in [5, 5.41) is -0.521. The van der Waals surface area contributed by atoms with Crippen molar-refractivity contribution in [3.63, 3.8) is 0 Å². The summed E-state index contributed by atoms with van der Waals surface area (Å²) in [6.45, 7) is 0. The van der Waals surface area contributed by atoms with Crippen LogP contribution in [0.5, 0.6) is 5.75 Å². The monoisotopic (exact) mass is 393 g/mol. The maximum Gasteiger partial charge on any atom is 0.267 e. The number of carbonyl (C=O) groups is 1. The van der Waals surface area contributed by atoms with Gasteiger partial charge in [0.1, 0.15) is 17.7 Å². The van der Waals surface area contributed by atoms with Crippen LogP contribution in [0.15, 0.2) is 12.1 Å². The molecule has 0 spiro atoms. The molecule has 1 aromatic carbocycles. The van der Waals surface area contributed by atoms with Gasteiger partial charge in [-0.05, 0) is 80.8 Å². The van der Waals surface area contributed by atoms with Gasteiger partial charge in [-0.25, -0.2) is 17.5 Å². The molecule has 5 nitrogen and oxygen atoms in total. The van der Waals surface area contributed by atoms with Crippen LogP contribution in [-0.4, -0.2) is 25.7 Å². The van der Waals surface area contributed by atoms with Crippen molar-refractivity contribution in [2.75, 3.05) is 0 Å². The third-order valence-electron chi connectivity index (χ3n) is 6.51. The average Bonchev–Trinajstić information content (AvgIpc) is 3.53. The molecule has 1 N–H and O–H groups in total. The second-order valence-corrected chi connectivity index (χ2v) is 10.6. The highest BCUT2D eigenvalue weighted by Crippen LogP contribution is 2.49. The zero-order valence-electron chi connectivity index (χ0n) is 15.1. The van der Waals surface area contributed by atoms with Crippen LogP contribution in [0.4, 0.5) is 4.39 Å². The van der Waals surface area contributed by atoms with Gasteiger partial charge >= 0.3 is 0 Å². The predicted molar refractivity (Wildman–Crippen MR) is 97.6 cm³/mol. The normalized spacial score (nSPS) is 29.7. The zero-order valence-corrected chi connectivity index (χ0v) is 15.9. The predicted octanol–water partition coefficient (Wildman–Crippen LogP) is 3.49. The summed E-state index contributed by atoms with van der Waals surface area (Å²) in [6, 6.07) is 2.80. The van der Waals surface area contributed by atoms with Crippen molar-refractivity contribution in [3.05, 3.63) is 29.1 Å². The molecule has 4 fully saturated rings. The minimum atomic E-state index is -3.70. The molecule has 0 aromatic heterocycles. The lowest BCUT2D eigenvalue weighted by atomic mass is 9.97. The molecule has 0 unspecified atom stereocenters. The van der Waals surface area contributed by atoms with Gasteiger partial charge in [-0.1, -0.05) is 0 Å². The molecule has 5 rings (SSSR count). The first-order chi connectivity index (χ1) is 12.9. The Hall–Kier alpha value is -1.63. The lowest BCUT2D eigenvalue weighted by molar-refractivity contribution is 0.0977. The third-order valence-corrected chi connectivity index (χ3v) is 8.33. The third kappa shape index (κ3) is 3.35. The van der Waals surface area contributed by atoms with E-state index in [9.17, 15) is 17.6 Å². The summed E-state index contributed by atoms with van der Waals surface area (Å²) in [5.74, 6) is 0.484. The van der Waals surface area contributed by atoms with Crippen LogP contribution in [0.2, 0.25) is 0 Å². The Labute approximate surface area is 158 Å². The van der Waals surface area contributed by atoms with Crippen molar-refractivity contribution in [1.82, 2.24) is 4.72 Å². The summed E-state index contributed by atoms with van der Waals surface area (Å²) >= 11 is 0. The van der Waals surface area contributed by atoms with E-state index in [1.165, 1.54) is 31.4 Å². The van der Waals surface area contributed by atoms with Gasteiger partial charge in [0, 0.05) is 6.07 Å². The number of carbonyl (C=O) groups excluding carboxylic acids is 1. The molecule has 0 heterocycles. The molecule has 1 aromatic rings. The van der Waals surface area contributed by atoms with E-state index in [0.717, 1.165) is 30.7 Å². The number of ether oxygens (including phenoxy) is 1. The van der Waals surface area contributed by atoms with Gasteiger partial charge in [-0.2, -0.15) is 0 Å². The lowest BCUT2D eigenvalue weighted by Gasteiger charge is -2.25. The highest BCUT2D eigenvalue weighted by Gasteiger charge is 2.42. The van der Waals surface area contributed by atoms with Gasteiger partial charge in [0.2, 0.25) is 10.0 Å². The van der Waals surface area contributed by atoms with Gasteiger partial charge in [-0.15, -0.1) is 0 Å². The molecule has 4 aliphatic rings. The van der Waals surface area contributed by atoms with Gasteiger partial charge < -0.3 is 4.74 Å². The molecule has 4 aliphatic carbocycles. The van der Waals surface area contributed by atoms with Crippen molar-refractivity contribution in [3.8, 4) is 5.75 Å². The Bertz CT molecular complexity index is 891. The number of nitrogens with one attached hydrogen (secondary N) is 1. The van der Waals surface area contributed by atoms with Gasteiger partial charge in [-0.3, -0.25) is 4.79 Å². The van der Waals surface area contributed by atoms with E-state index in [-0.39, 0.29) is 17.6 Å². The minimum absolute atomic E-state index is 0.135. The van der Waals surface area contributed by atoms with Crippen LogP contribution >= 0.6 is 0 Å². The van der Waals surface area contributed by atoms with Crippen LogP contribution in [-0.2, 0) is 10.0 Å². The quantitative estimate of drug-likeness (QED) is 0.803. The fourth-order valence-electron chi connectivity index (χ4n) is 4.70. The van der Waals surface area contributed by atoms with E-state index in [1.54, 1.807) is 0 Å². The topological polar surface area (TPSA) is 72.5 Å². The maximum absolute atomic E-state index is 14.7. The lowest BCUT2D eigenvalue weighted by Crippen LogP contribution is -2.34. The zero-order chi connectivity index (χ0) is 18.8. The molecular formula is C20H24FNO4S. The van der Waals surface area contributed by atoms with Crippen molar-refractivity contribution in [1.29, 1.82) is 0 Å². The summed E-state index contributed by atoms with van der Waals surface area (Å²) < 4.78 is 46.9. The Morgan fingerprint density at radius 2 is 1.85 bits per heavy atom. The van der Waals surface area contributed by atoms with E-state index in [2.05, 4.69) is 0 Å². The van der Waals surface area contributed by atoms with E-state index in [1.807, 2.05) is 4.72 Å². The molecule has 4 saturated carbocycles. The van der Waals surface area contributed by atoms with E-state index >= 15 is 0 Å². The fraction of sp³-hybridized carbons (Fsp3) is 0.650. The van der Waals surface area contributed by atoms with Crippen molar-refractivity contribution >= 4 is 15.9 Å². The Morgan fingerprint density at radius 3 is 2.44 bits per heavy atom. The minimum Gasteiger partial charge on any atom is -0.490 e. The number of hydrogen-bond acceptors (Lipinski definition) is 4. The molecule has 146 valence electrons. The second-order valence-electron chi connectivity index (χ2n) is 8.65.